The molecule has 0 aromatic carbocycles. The molecule has 0 aromatic rings. The number of nitrogens with two attached hydrogens (primary N) is 3. The summed E-state index contributed by atoms with van der Waals surface area (Å²) in [5.74, 6) is -1.25. The fourth-order valence-electron chi connectivity index (χ4n) is 1.76. The van der Waals surface area contributed by atoms with Gasteiger partial charge in [0.05, 0.1) is 19.1 Å². The second-order valence-corrected chi connectivity index (χ2v) is 4.72. The molecule has 9 heteroatoms. The first-order valence-electron chi connectivity index (χ1n) is 7.27. The fourth-order valence-corrected chi connectivity index (χ4v) is 1.76. The van der Waals surface area contributed by atoms with Crippen LogP contribution in [-0.4, -0.2) is 66.7 Å². The third-order valence-corrected chi connectivity index (χ3v) is 2.90. The van der Waals surface area contributed by atoms with Gasteiger partial charge in [-0.05, 0) is 19.8 Å². The summed E-state index contributed by atoms with van der Waals surface area (Å²) in [5.41, 5.74) is 16.3. The lowest BCUT2D eigenvalue weighted by Crippen LogP contribution is -2.46. The van der Waals surface area contributed by atoms with E-state index < -0.39 is 12.0 Å². The van der Waals surface area contributed by atoms with Gasteiger partial charge in [0.15, 0.2) is 5.96 Å². The van der Waals surface area contributed by atoms with Crippen molar-refractivity contribution in [3.63, 3.8) is 0 Å². The maximum Gasteiger partial charge on any atom is 0.305 e. The van der Waals surface area contributed by atoms with Gasteiger partial charge in [-0.25, -0.2) is 0 Å². The lowest BCUT2D eigenvalue weighted by Gasteiger charge is -2.25. The minimum Gasteiger partial charge on any atom is -0.481 e. The van der Waals surface area contributed by atoms with E-state index in [-0.39, 0.29) is 24.8 Å². The highest BCUT2D eigenvalue weighted by atomic mass is 16.5. The smallest absolute Gasteiger partial charge is 0.305 e. The van der Waals surface area contributed by atoms with Crippen LogP contribution in [0.5, 0.6) is 0 Å². The van der Waals surface area contributed by atoms with Crippen LogP contribution in [-0.2, 0) is 14.3 Å². The van der Waals surface area contributed by atoms with Crippen LogP contribution in [0.4, 0.5) is 0 Å². The van der Waals surface area contributed by atoms with Crippen molar-refractivity contribution in [1.82, 2.24) is 4.90 Å². The molecule has 0 aliphatic carbocycles. The molecule has 128 valence electrons. The van der Waals surface area contributed by atoms with Crippen molar-refractivity contribution in [2.75, 3.05) is 32.8 Å². The molecular formula is C13H27N5O4. The monoisotopic (exact) mass is 317 g/mol. The zero-order valence-electron chi connectivity index (χ0n) is 13.0. The van der Waals surface area contributed by atoms with E-state index in [1.807, 2.05) is 6.92 Å². The lowest BCUT2D eigenvalue weighted by atomic mass is 10.1. The quantitative estimate of drug-likeness (QED) is 0.198. The Morgan fingerprint density at radius 2 is 2.00 bits per heavy atom. The lowest BCUT2D eigenvalue weighted by molar-refractivity contribution is -0.139. The second-order valence-electron chi connectivity index (χ2n) is 4.72. The van der Waals surface area contributed by atoms with Crippen LogP contribution >= 0.6 is 0 Å². The van der Waals surface area contributed by atoms with Gasteiger partial charge in [0.1, 0.15) is 0 Å². The Balaban J connectivity index is 4.37. The zero-order valence-corrected chi connectivity index (χ0v) is 13.0. The number of carboxylic acids is 1. The highest BCUT2D eigenvalue weighted by Crippen LogP contribution is 2.03. The molecule has 0 saturated carbocycles. The van der Waals surface area contributed by atoms with E-state index in [0.29, 0.717) is 39.1 Å². The molecule has 1 atom stereocenters. The van der Waals surface area contributed by atoms with Gasteiger partial charge in [-0.1, -0.05) is 0 Å². The van der Waals surface area contributed by atoms with Crippen LogP contribution in [0.1, 0.15) is 26.2 Å². The predicted octanol–water partition coefficient (Wildman–Crippen LogP) is -1.29. The summed E-state index contributed by atoms with van der Waals surface area (Å²) in [7, 11) is 0. The van der Waals surface area contributed by atoms with Gasteiger partial charge >= 0.3 is 5.97 Å². The number of aliphatic carboxylic acids is 1. The number of aliphatic imine (C=N–C) groups is 1. The highest BCUT2D eigenvalue weighted by molar-refractivity contribution is 5.82. The Bertz CT molecular complexity index is 371. The minimum atomic E-state index is -0.962. The van der Waals surface area contributed by atoms with Crippen molar-refractivity contribution in [3.05, 3.63) is 0 Å². The Morgan fingerprint density at radius 3 is 2.55 bits per heavy atom. The van der Waals surface area contributed by atoms with Crippen LogP contribution < -0.4 is 17.2 Å². The molecule has 0 rings (SSSR count). The number of hydrogen-bond acceptors (Lipinski definition) is 5. The maximum absolute atomic E-state index is 12.2. The average Bonchev–Trinajstić information content (AvgIpc) is 2.45. The molecule has 22 heavy (non-hydrogen) atoms. The molecule has 0 bridgehead atoms. The first kappa shape index (κ1) is 20.1. The van der Waals surface area contributed by atoms with Crippen molar-refractivity contribution in [2.24, 2.45) is 22.2 Å². The third-order valence-electron chi connectivity index (χ3n) is 2.90. The van der Waals surface area contributed by atoms with Gasteiger partial charge in [0, 0.05) is 26.2 Å². The van der Waals surface area contributed by atoms with Gasteiger partial charge in [-0.3, -0.25) is 14.6 Å². The summed E-state index contributed by atoms with van der Waals surface area (Å²) in [6.07, 6.45) is 0.870. The number of carbonyl (C=O) groups is 2. The molecule has 9 nitrogen and oxygen atoms in total. The van der Waals surface area contributed by atoms with Crippen LogP contribution in [0.3, 0.4) is 0 Å². The Morgan fingerprint density at radius 1 is 1.32 bits per heavy atom. The molecule has 0 aromatic heterocycles. The summed E-state index contributed by atoms with van der Waals surface area (Å²) < 4.78 is 5.20. The van der Waals surface area contributed by atoms with E-state index in [2.05, 4.69) is 4.99 Å². The fraction of sp³-hybridized carbons (Fsp3) is 0.769. The molecule has 0 unspecified atom stereocenters. The number of ether oxygens (including phenoxy) is 1. The average molecular weight is 317 g/mol. The van der Waals surface area contributed by atoms with Crippen molar-refractivity contribution < 1.29 is 19.4 Å². The number of hydrogen-bond donors (Lipinski definition) is 4. The van der Waals surface area contributed by atoms with Crippen LogP contribution in [0.2, 0.25) is 0 Å². The first-order chi connectivity index (χ1) is 10.4. The van der Waals surface area contributed by atoms with E-state index in [1.54, 1.807) is 0 Å². The van der Waals surface area contributed by atoms with Crippen LogP contribution in [0.25, 0.3) is 0 Å². The Hall–Kier alpha value is -1.87. The van der Waals surface area contributed by atoms with E-state index in [1.165, 1.54) is 4.90 Å². The summed E-state index contributed by atoms with van der Waals surface area (Å²) >= 11 is 0. The number of nitrogens with zero attached hydrogens (tertiary/aromatic N) is 2. The summed E-state index contributed by atoms with van der Waals surface area (Å²) in [6.45, 7) is 3.56. The molecule has 0 spiro atoms. The van der Waals surface area contributed by atoms with Gasteiger partial charge in [0.25, 0.3) is 0 Å². The number of carbonyl (C=O) groups excluding carboxylic acids is 1. The van der Waals surface area contributed by atoms with Gasteiger partial charge in [0.2, 0.25) is 5.91 Å². The van der Waals surface area contributed by atoms with E-state index in [0.717, 1.165) is 0 Å². The van der Waals surface area contributed by atoms with E-state index in [4.69, 9.17) is 27.0 Å². The topological polar surface area (TPSA) is 157 Å². The first-order valence-corrected chi connectivity index (χ1v) is 7.27. The third kappa shape index (κ3) is 9.94. The van der Waals surface area contributed by atoms with Crippen molar-refractivity contribution in [1.29, 1.82) is 0 Å². The number of carboxylic acid groups (broad SMARTS) is 1. The van der Waals surface area contributed by atoms with Gasteiger partial charge in [-0.15, -0.1) is 0 Å². The van der Waals surface area contributed by atoms with E-state index in [9.17, 15) is 9.59 Å². The summed E-state index contributed by atoms with van der Waals surface area (Å²) in [5, 5.41) is 8.74. The molecule has 0 radical (unpaired) electrons. The molecule has 0 heterocycles. The largest absolute Gasteiger partial charge is 0.481 e. The van der Waals surface area contributed by atoms with Crippen molar-refractivity contribution >= 4 is 17.8 Å². The predicted molar refractivity (Wildman–Crippen MR) is 83.2 cm³/mol. The summed E-state index contributed by atoms with van der Waals surface area (Å²) in [6, 6.07) is -0.704. The van der Waals surface area contributed by atoms with E-state index >= 15 is 0 Å². The zero-order chi connectivity index (χ0) is 17.0. The Kier molecular flexibility index (Phi) is 10.8. The number of rotatable bonds is 12. The van der Waals surface area contributed by atoms with Crippen LogP contribution in [0.15, 0.2) is 4.99 Å². The molecule has 0 aliphatic rings. The maximum atomic E-state index is 12.2. The molecular weight excluding hydrogens is 290 g/mol. The van der Waals surface area contributed by atoms with Crippen molar-refractivity contribution in [2.45, 2.75) is 32.2 Å². The standard InChI is InChI=1S/C13H27N5O4/c1-2-22-9-8-18(7-5-11(19)20)12(21)10(14)4-3-6-17-13(15)16/h10H,2-9,14H2,1H3,(H,19,20)(H4,15,16,17)/t10-/m0/s1. The molecule has 0 aliphatic heterocycles. The van der Waals surface area contributed by atoms with Crippen LogP contribution in [0, 0.1) is 0 Å². The normalized spacial score (nSPS) is 11.7. The number of amides is 1. The van der Waals surface area contributed by atoms with Gasteiger partial charge in [-0.2, -0.15) is 0 Å². The highest BCUT2D eigenvalue weighted by Gasteiger charge is 2.21. The molecule has 0 saturated heterocycles. The molecule has 7 N–H and O–H groups in total. The van der Waals surface area contributed by atoms with Crippen molar-refractivity contribution in [3.8, 4) is 0 Å². The summed E-state index contributed by atoms with van der Waals surface area (Å²) in [4.78, 5) is 28.1. The molecule has 0 fully saturated rings. The number of guanidine groups is 1. The molecule has 1 amide bonds. The SMILES string of the molecule is CCOCCN(CCC(=O)O)C(=O)[C@@H](N)CCCN=C(N)N. The minimum absolute atomic E-state index is 0.000281. The second kappa shape index (κ2) is 11.8. The Labute approximate surface area is 130 Å². The van der Waals surface area contributed by atoms with Gasteiger partial charge < -0.3 is 31.9 Å².